The van der Waals surface area contributed by atoms with Crippen LogP contribution in [0.25, 0.3) is 0 Å². The van der Waals surface area contributed by atoms with Crippen LogP contribution >= 0.6 is 0 Å². The Morgan fingerprint density at radius 1 is 1.41 bits per heavy atom. The second kappa shape index (κ2) is 6.06. The number of piperidine rings is 1. The minimum Gasteiger partial charge on any atom is -0.375 e. The van der Waals surface area contributed by atoms with Crippen molar-refractivity contribution in [2.45, 2.75) is 26.2 Å². The molecule has 0 aliphatic carbocycles. The molecule has 0 amide bonds. The topological polar surface area (TPSA) is 15.3 Å². The van der Waals surface area contributed by atoms with E-state index in [0.29, 0.717) is 0 Å². The van der Waals surface area contributed by atoms with Gasteiger partial charge in [-0.25, -0.2) is 0 Å². The number of anilines is 1. The highest BCUT2D eigenvalue weighted by Crippen LogP contribution is 2.18. The van der Waals surface area contributed by atoms with Crippen LogP contribution in [0.4, 0.5) is 5.69 Å². The fourth-order valence-electron chi connectivity index (χ4n) is 2.54. The highest BCUT2D eigenvalue weighted by atomic mass is 15.1. The summed E-state index contributed by atoms with van der Waals surface area (Å²) in [7, 11) is 2.20. The Morgan fingerprint density at radius 3 is 3.00 bits per heavy atom. The van der Waals surface area contributed by atoms with Crippen molar-refractivity contribution in [2.75, 3.05) is 31.6 Å². The van der Waals surface area contributed by atoms with Crippen molar-refractivity contribution in [3.8, 4) is 0 Å². The maximum Gasteiger partial charge on any atom is 0.0366 e. The van der Waals surface area contributed by atoms with Crippen molar-refractivity contribution >= 4 is 5.69 Å². The lowest BCUT2D eigenvalue weighted by molar-refractivity contribution is 0.360. The molecule has 1 heterocycles. The van der Waals surface area contributed by atoms with E-state index in [-0.39, 0.29) is 0 Å². The number of benzene rings is 1. The van der Waals surface area contributed by atoms with Gasteiger partial charge in [0.2, 0.25) is 0 Å². The normalized spacial score (nSPS) is 20.2. The molecular weight excluding hydrogens is 208 g/mol. The molecule has 1 aromatic carbocycles. The van der Waals surface area contributed by atoms with E-state index in [1.165, 1.54) is 43.6 Å². The highest BCUT2D eigenvalue weighted by molar-refractivity contribution is 5.47. The molecule has 17 heavy (non-hydrogen) atoms. The number of hydrogen-bond donors (Lipinski definition) is 1. The van der Waals surface area contributed by atoms with Gasteiger partial charge in [0.05, 0.1) is 0 Å². The molecule has 1 unspecified atom stereocenters. The van der Waals surface area contributed by atoms with Gasteiger partial charge in [-0.05, 0) is 62.9 Å². The van der Waals surface area contributed by atoms with Crippen LogP contribution < -0.4 is 10.2 Å². The minimum absolute atomic E-state index is 0.871. The van der Waals surface area contributed by atoms with Crippen LogP contribution in [-0.2, 0) is 0 Å². The van der Waals surface area contributed by atoms with Crippen LogP contribution in [0.3, 0.4) is 0 Å². The van der Waals surface area contributed by atoms with Crippen molar-refractivity contribution in [3.63, 3.8) is 0 Å². The molecule has 1 aromatic rings. The Kier molecular flexibility index (Phi) is 4.43. The lowest BCUT2D eigenvalue weighted by Crippen LogP contribution is -2.32. The van der Waals surface area contributed by atoms with Crippen molar-refractivity contribution in [1.82, 2.24) is 5.32 Å². The average Bonchev–Trinajstić information content (AvgIpc) is 2.37. The molecule has 2 nitrogen and oxygen atoms in total. The highest BCUT2D eigenvalue weighted by Gasteiger charge is 2.13. The fraction of sp³-hybridized carbons (Fsp3) is 0.600. The maximum atomic E-state index is 3.49. The molecule has 1 atom stereocenters. The van der Waals surface area contributed by atoms with Crippen LogP contribution in [0.15, 0.2) is 24.3 Å². The minimum atomic E-state index is 0.871. The Balaban J connectivity index is 1.82. The SMILES string of the molecule is Cc1cccc(N(C)CCC2CCCNC2)c1. The molecule has 0 radical (unpaired) electrons. The molecule has 2 rings (SSSR count). The van der Waals surface area contributed by atoms with E-state index in [0.717, 1.165) is 12.5 Å². The lowest BCUT2D eigenvalue weighted by Gasteiger charge is -2.26. The Labute approximate surface area is 105 Å². The smallest absolute Gasteiger partial charge is 0.0366 e. The van der Waals surface area contributed by atoms with Gasteiger partial charge >= 0.3 is 0 Å². The van der Waals surface area contributed by atoms with Gasteiger partial charge in [-0.3, -0.25) is 0 Å². The summed E-state index contributed by atoms with van der Waals surface area (Å²) >= 11 is 0. The standard InChI is InChI=1S/C15H24N2/c1-13-5-3-7-15(11-13)17(2)10-8-14-6-4-9-16-12-14/h3,5,7,11,14,16H,4,6,8-10,12H2,1-2H3. The zero-order valence-corrected chi connectivity index (χ0v) is 11.1. The summed E-state index contributed by atoms with van der Waals surface area (Å²) in [6, 6.07) is 8.76. The molecule has 1 aliphatic heterocycles. The molecule has 0 saturated carbocycles. The predicted molar refractivity (Wildman–Crippen MR) is 74.7 cm³/mol. The summed E-state index contributed by atoms with van der Waals surface area (Å²) in [5, 5.41) is 3.49. The average molecular weight is 232 g/mol. The summed E-state index contributed by atoms with van der Waals surface area (Å²) in [6.07, 6.45) is 4.05. The summed E-state index contributed by atoms with van der Waals surface area (Å²) in [5.41, 5.74) is 2.68. The number of nitrogens with zero attached hydrogens (tertiary/aromatic N) is 1. The van der Waals surface area contributed by atoms with E-state index in [1.54, 1.807) is 0 Å². The second-order valence-electron chi connectivity index (χ2n) is 5.26. The van der Waals surface area contributed by atoms with E-state index >= 15 is 0 Å². The number of nitrogens with one attached hydrogen (secondary N) is 1. The monoisotopic (exact) mass is 232 g/mol. The summed E-state index contributed by atoms with van der Waals surface area (Å²) in [5.74, 6) is 0.871. The molecule has 0 spiro atoms. The van der Waals surface area contributed by atoms with Crippen molar-refractivity contribution in [1.29, 1.82) is 0 Å². The van der Waals surface area contributed by atoms with E-state index in [4.69, 9.17) is 0 Å². The zero-order valence-electron chi connectivity index (χ0n) is 11.1. The largest absolute Gasteiger partial charge is 0.375 e. The molecule has 1 N–H and O–H groups in total. The van der Waals surface area contributed by atoms with Crippen LogP contribution in [0.1, 0.15) is 24.8 Å². The molecule has 2 heteroatoms. The van der Waals surface area contributed by atoms with Gasteiger partial charge in [0.1, 0.15) is 0 Å². The van der Waals surface area contributed by atoms with Crippen LogP contribution in [0.5, 0.6) is 0 Å². The molecule has 0 bridgehead atoms. The summed E-state index contributed by atoms with van der Waals surface area (Å²) in [4.78, 5) is 2.38. The van der Waals surface area contributed by atoms with Gasteiger partial charge in [0.25, 0.3) is 0 Å². The van der Waals surface area contributed by atoms with E-state index in [2.05, 4.69) is 48.5 Å². The molecule has 1 saturated heterocycles. The van der Waals surface area contributed by atoms with Crippen LogP contribution in [0.2, 0.25) is 0 Å². The molecule has 1 aliphatic rings. The van der Waals surface area contributed by atoms with E-state index in [9.17, 15) is 0 Å². The molecule has 0 aromatic heterocycles. The first-order valence-electron chi connectivity index (χ1n) is 6.74. The lowest BCUT2D eigenvalue weighted by atomic mass is 9.96. The predicted octanol–water partition coefficient (Wildman–Crippen LogP) is 2.82. The zero-order chi connectivity index (χ0) is 12.1. The maximum absolute atomic E-state index is 3.49. The van der Waals surface area contributed by atoms with Crippen molar-refractivity contribution < 1.29 is 0 Å². The van der Waals surface area contributed by atoms with Gasteiger partial charge < -0.3 is 10.2 Å². The first-order chi connectivity index (χ1) is 8.25. The summed E-state index contributed by atoms with van der Waals surface area (Å²) in [6.45, 7) is 5.74. The quantitative estimate of drug-likeness (QED) is 0.858. The van der Waals surface area contributed by atoms with Crippen LogP contribution in [0, 0.1) is 12.8 Å². The Bertz CT molecular complexity index is 343. The van der Waals surface area contributed by atoms with Crippen molar-refractivity contribution in [2.24, 2.45) is 5.92 Å². The third kappa shape index (κ3) is 3.74. The Hall–Kier alpha value is -1.02. The van der Waals surface area contributed by atoms with Gasteiger partial charge in [0.15, 0.2) is 0 Å². The first kappa shape index (κ1) is 12.4. The second-order valence-corrected chi connectivity index (χ2v) is 5.26. The van der Waals surface area contributed by atoms with Crippen LogP contribution in [-0.4, -0.2) is 26.7 Å². The van der Waals surface area contributed by atoms with Gasteiger partial charge in [-0.15, -0.1) is 0 Å². The Morgan fingerprint density at radius 2 is 2.29 bits per heavy atom. The number of aryl methyl sites for hydroxylation is 1. The van der Waals surface area contributed by atoms with Crippen molar-refractivity contribution in [3.05, 3.63) is 29.8 Å². The van der Waals surface area contributed by atoms with Gasteiger partial charge in [-0.1, -0.05) is 12.1 Å². The van der Waals surface area contributed by atoms with E-state index < -0.39 is 0 Å². The van der Waals surface area contributed by atoms with Gasteiger partial charge in [0, 0.05) is 19.3 Å². The summed E-state index contributed by atoms with van der Waals surface area (Å²) < 4.78 is 0. The number of hydrogen-bond acceptors (Lipinski definition) is 2. The van der Waals surface area contributed by atoms with E-state index in [1.807, 2.05) is 0 Å². The molecular formula is C15H24N2. The fourth-order valence-corrected chi connectivity index (χ4v) is 2.54. The molecule has 1 fully saturated rings. The third-order valence-corrected chi connectivity index (χ3v) is 3.71. The first-order valence-corrected chi connectivity index (χ1v) is 6.74. The third-order valence-electron chi connectivity index (χ3n) is 3.71. The number of rotatable bonds is 4. The van der Waals surface area contributed by atoms with Gasteiger partial charge in [-0.2, -0.15) is 0 Å². The molecule has 94 valence electrons.